The van der Waals surface area contributed by atoms with E-state index in [2.05, 4.69) is 9.72 Å². The Balaban J connectivity index is 3.31. The van der Waals surface area contributed by atoms with Crippen molar-refractivity contribution < 1.29 is 23.2 Å². The highest BCUT2D eigenvalue weighted by Gasteiger charge is 2.30. The fourth-order valence-electron chi connectivity index (χ4n) is 1.44. The summed E-state index contributed by atoms with van der Waals surface area (Å²) in [6, 6.07) is 0. The molecule has 0 aliphatic carbocycles. The molecule has 0 radical (unpaired) electrons. The number of hydrogen-bond donors (Lipinski definition) is 0. The van der Waals surface area contributed by atoms with Crippen LogP contribution in [-0.4, -0.2) is 22.5 Å². The van der Waals surface area contributed by atoms with Crippen molar-refractivity contribution in [2.24, 2.45) is 0 Å². The van der Waals surface area contributed by atoms with Gasteiger partial charge in [0, 0.05) is 0 Å². The molecule has 1 aromatic rings. The van der Waals surface area contributed by atoms with Gasteiger partial charge in [0.05, 0.1) is 16.6 Å². The maximum Gasteiger partial charge on any atom is 0.372 e. The molecule has 0 N–H and O–H groups in total. The summed E-state index contributed by atoms with van der Waals surface area (Å²) in [4.78, 5) is 24.4. The fourth-order valence-corrected chi connectivity index (χ4v) is 2.06. The molecule has 6 nitrogen and oxygen atoms in total. The van der Waals surface area contributed by atoms with E-state index in [0.29, 0.717) is 0 Å². The first-order chi connectivity index (χ1) is 8.88. The van der Waals surface area contributed by atoms with Gasteiger partial charge in [-0.2, -0.15) is 0 Å². The van der Waals surface area contributed by atoms with Crippen molar-refractivity contribution in [1.29, 1.82) is 0 Å². The minimum atomic E-state index is -3.09. The van der Waals surface area contributed by atoms with Gasteiger partial charge in [0.1, 0.15) is 5.56 Å². The quantitative estimate of drug-likeness (QED) is 0.336. The number of carbonyl (C=O) groups is 1. The minimum absolute atomic E-state index is 0.104. The summed E-state index contributed by atoms with van der Waals surface area (Å²) in [5.74, 6) is -1.66. The molecular formula is C10H9F2IN2O4. The lowest BCUT2D eigenvalue weighted by Gasteiger charge is -2.09. The second-order valence-electron chi connectivity index (χ2n) is 3.36. The number of esters is 1. The van der Waals surface area contributed by atoms with Crippen LogP contribution in [0.15, 0.2) is 6.20 Å². The molecule has 104 valence electrons. The SMILES string of the molecule is CCOC(=O)Cc1c(I)cnc([N+](=O)[O-])c1C(F)F. The maximum atomic E-state index is 13.0. The van der Waals surface area contributed by atoms with Crippen molar-refractivity contribution in [3.05, 3.63) is 31.0 Å². The molecule has 0 aliphatic heterocycles. The molecule has 0 amide bonds. The molecule has 0 aliphatic rings. The number of nitro groups is 1. The minimum Gasteiger partial charge on any atom is -0.466 e. The van der Waals surface area contributed by atoms with Crippen molar-refractivity contribution >= 4 is 34.4 Å². The number of hydrogen-bond acceptors (Lipinski definition) is 5. The molecule has 1 heterocycles. The van der Waals surface area contributed by atoms with E-state index in [1.54, 1.807) is 29.5 Å². The van der Waals surface area contributed by atoms with Gasteiger partial charge in [-0.15, -0.1) is 0 Å². The third-order valence-electron chi connectivity index (χ3n) is 2.17. The highest BCUT2D eigenvalue weighted by Crippen LogP contribution is 2.33. The molecule has 9 heteroatoms. The van der Waals surface area contributed by atoms with E-state index >= 15 is 0 Å². The number of halogens is 3. The van der Waals surface area contributed by atoms with Crippen LogP contribution < -0.4 is 0 Å². The van der Waals surface area contributed by atoms with Crippen molar-refractivity contribution in [3.8, 4) is 0 Å². The summed E-state index contributed by atoms with van der Waals surface area (Å²) in [6.45, 7) is 1.68. The van der Waals surface area contributed by atoms with Crippen molar-refractivity contribution in [2.45, 2.75) is 19.8 Å². The Kier molecular flexibility index (Phi) is 5.51. The Bertz CT molecular complexity index is 511. The lowest BCUT2D eigenvalue weighted by Crippen LogP contribution is -2.13. The number of ether oxygens (including phenoxy) is 1. The van der Waals surface area contributed by atoms with Crippen LogP contribution in [0.4, 0.5) is 14.6 Å². The molecule has 0 atom stereocenters. The van der Waals surface area contributed by atoms with Gasteiger partial charge in [-0.25, -0.2) is 8.78 Å². The lowest BCUT2D eigenvalue weighted by atomic mass is 10.1. The smallest absolute Gasteiger partial charge is 0.372 e. The van der Waals surface area contributed by atoms with Crippen molar-refractivity contribution in [3.63, 3.8) is 0 Å². The molecule has 0 unspecified atom stereocenters. The van der Waals surface area contributed by atoms with Gasteiger partial charge in [0.15, 0.2) is 6.20 Å². The summed E-state index contributed by atoms with van der Waals surface area (Å²) in [6.07, 6.45) is -2.46. The molecule has 1 rings (SSSR count). The molecular weight excluding hydrogens is 377 g/mol. The van der Waals surface area contributed by atoms with Crippen molar-refractivity contribution in [1.82, 2.24) is 4.98 Å². The zero-order valence-corrected chi connectivity index (χ0v) is 11.9. The van der Waals surface area contributed by atoms with E-state index in [0.717, 1.165) is 6.20 Å². The van der Waals surface area contributed by atoms with Crippen LogP contribution in [0.3, 0.4) is 0 Å². The van der Waals surface area contributed by atoms with Gasteiger partial charge in [0.2, 0.25) is 0 Å². The second kappa shape index (κ2) is 6.68. The average molecular weight is 386 g/mol. The zero-order chi connectivity index (χ0) is 14.6. The normalized spacial score (nSPS) is 10.6. The highest BCUT2D eigenvalue weighted by molar-refractivity contribution is 14.1. The largest absolute Gasteiger partial charge is 0.466 e. The summed E-state index contributed by atoms with van der Waals surface area (Å²) in [5.41, 5.74) is -0.944. The first-order valence-corrected chi connectivity index (χ1v) is 6.21. The van der Waals surface area contributed by atoms with E-state index in [1.165, 1.54) is 0 Å². The number of pyridine rings is 1. The molecule has 0 saturated heterocycles. The molecule has 19 heavy (non-hydrogen) atoms. The number of rotatable bonds is 5. The molecule has 0 fully saturated rings. The summed E-state index contributed by atoms with van der Waals surface area (Å²) in [5, 5.41) is 10.7. The Labute approximate surface area is 120 Å². The predicted molar refractivity (Wildman–Crippen MR) is 68.9 cm³/mol. The Morgan fingerprint density at radius 1 is 1.63 bits per heavy atom. The van der Waals surface area contributed by atoms with Crippen LogP contribution in [0, 0.1) is 13.7 Å². The third kappa shape index (κ3) is 3.78. The Morgan fingerprint density at radius 2 is 2.26 bits per heavy atom. The van der Waals surface area contributed by atoms with Crippen LogP contribution in [0.5, 0.6) is 0 Å². The monoisotopic (exact) mass is 386 g/mol. The van der Waals surface area contributed by atoms with Gasteiger partial charge in [0.25, 0.3) is 6.43 Å². The molecule has 1 aromatic heterocycles. The number of carbonyl (C=O) groups excluding carboxylic acids is 1. The first-order valence-electron chi connectivity index (χ1n) is 5.13. The van der Waals surface area contributed by atoms with Gasteiger partial charge in [-0.1, -0.05) is 0 Å². The van der Waals surface area contributed by atoms with E-state index in [4.69, 9.17) is 0 Å². The summed E-state index contributed by atoms with van der Waals surface area (Å²) >= 11 is 1.69. The van der Waals surface area contributed by atoms with Gasteiger partial charge >= 0.3 is 11.8 Å². The topological polar surface area (TPSA) is 82.3 Å². The Hall–Kier alpha value is -1.39. The standard InChI is InChI=1S/C10H9F2IN2O4/c1-2-19-7(16)3-5-6(13)4-14-10(15(17)18)8(5)9(11)12/h4,9H,2-3H2,1H3. The lowest BCUT2D eigenvalue weighted by molar-refractivity contribution is -0.391. The van der Waals surface area contributed by atoms with E-state index in [9.17, 15) is 23.7 Å². The molecule has 0 bridgehead atoms. The highest BCUT2D eigenvalue weighted by atomic mass is 127. The van der Waals surface area contributed by atoms with Crippen LogP contribution in [0.1, 0.15) is 24.5 Å². The van der Waals surface area contributed by atoms with Gasteiger partial charge in [-0.3, -0.25) is 4.79 Å². The second-order valence-corrected chi connectivity index (χ2v) is 4.52. The van der Waals surface area contributed by atoms with E-state index in [-0.39, 0.29) is 15.7 Å². The first kappa shape index (κ1) is 15.7. The van der Waals surface area contributed by atoms with Crippen LogP contribution in [0.2, 0.25) is 0 Å². The van der Waals surface area contributed by atoms with E-state index < -0.39 is 35.1 Å². The maximum absolute atomic E-state index is 13.0. The van der Waals surface area contributed by atoms with Crippen LogP contribution in [-0.2, 0) is 16.0 Å². The summed E-state index contributed by atoms with van der Waals surface area (Å²) < 4.78 is 30.8. The number of aromatic nitrogens is 1. The molecule has 0 aromatic carbocycles. The predicted octanol–water partition coefficient (Wildman–Crippen LogP) is 2.64. The average Bonchev–Trinajstić information content (AvgIpc) is 2.31. The van der Waals surface area contributed by atoms with Gasteiger partial charge < -0.3 is 14.9 Å². The fraction of sp³-hybridized carbons (Fsp3) is 0.400. The number of alkyl halides is 2. The third-order valence-corrected chi connectivity index (χ3v) is 3.10. The summed E-state index contributed by atoms with van der Waals surface area (Å²) in [7, 11) is 0. The zero-order valence-electron chi connectivity index (χ0n) is 9.73. The van der Waals surface area contributed by atoms with Crippen molar-refractivity contribution in [2.75, 3.05) is 6.61 Å². The van der Waals surface area contributed by atoms with Crippen LogP contribution in [0.25, 0.3) is 0 Å². The Morgan fingerprint density at radius 3 is 2.74 bits per heavy atom. The molecule has 0 saturated carbocycles. The van der Waals surface area contributed by atoms with Gasteiger partial charge in [-0.05, 0) is 45.0 Å². The molecule has 0 spiro atoms. The number of nitrogens with zero attached hydrogens (tertiary/aromatic N) is 2. The van der Waals surface area contributed by atoms with Crippen LogP contribution >= 0.6 is 22.6 Å². The van der Waals surface area contributed by atoms with E-state index in [1.807, 2.05) is 0 Å².